The predicted molar refractivity (Wildman–Crippen MR) is 199 cm³/mol. The van der Waals surface area contributed by atoms with Crippen molar-refractivity contribution in [2.75, 3.05) is 136 Å². The van der Waals surface area contributed by atoms with E-state index in [0.29, 0.717) is 103 Å². The summed E-state index contributed by atoms with van der Waals surface area (Å²) in [6.45, 7) is 9.67. The van der Waals surface area contributed by atoms with Gasteiger partial charge in [-0.3, -0.25) is 0 Å². The molecule has 4 aromatic heterocycles. The van der Waals surface area contributed by atoms with Gasteiger partial charge in [0, 0.05) is 90.9 Å². The van der Waals surface area contributed by atoms with Gasteiger partial charge in [0.25, 0.3) is 0 Å². The third kappa shape index (κ3) is 9.76. The Morgan fingerprint density at radius 3 is 1.36 bits per heavy atom. The second-order valence-electron chi connectivity index (χ2n) is 13.3. The van der Waals surface area contributed by atoms with Gasteiger partial charge in [-0.15, -0.1) is 0 Å². The summed E-state index contributed by atoms with van der Waals surface area (Å²) < 4.78 is 92.3. The number of aromatic nitrogens is 9. The third-order valence-electron chi connectivity index (χ3n) is 9.40. The Balaban J connectivity index is 0.000000177. The molecule has 0 aromatic carbocycles. The topological polar surface area (TPSA) is 224 Å². The van der Waals surface area contributed by atoms with Crippen LogP contribution in [-0.4, -0.2) is 150 Å². The number of ether oxygens (including phenoxy) is 2. The van der Waals surface area contributed by atoms with Crippen LogP contribution in [0.1, 0.15) is 11.3 Å². The molecule has 0 atom stereocenters. The number of alkyl halides is 6. The first-order valence-corrected chi connectivity index (χ1v) is 18.5. The number of nitrogens with one attached hydrogen (secondary N) is 2. The van der Waals surface area contributed by atoms with E-state index < -0.39 is 29.6 Å². The molecular formula is C33H41F6N17O2. The molecule has 4 aliphatic rings. The van der Waals surface area contributed by atoms with Gasteiger partial charge in [0.05, 0.1) is 43.1 Å². The average Bonchev–Trinajstić information content (AvgIpc) is 3.24. The summed E-state index contributed by atoms with van der Waals surface area (Å²) in [4.78, 5) is 44.9. The van der Waals surface area contributed by atoms with Crippen molar-refractivity contribution in [3.05, 3.63) is 29.7 Å². The molecule has 0 bridgehead atoms. The number of piperazine rings is 2. The third-order valence-corrected chi connectivity index (χ3v) is 9.40. The van der Waals surface area contributed by atoms with Crippen molar-refractivity contribution in [1.29, 1.82) is 0 Å². The smallest absolute Gasteiger partial charge is 0.384 e. The Kier molecular flexibility index (Phi) is 12.3. The Hall–Kier alpha value is -5.53. The highest BCUT2D eigenvalue weighted by atomic mass is 19.4. The zero-order valence-electron chi connectivity index (χ0n) is 31.1. The zero-order valence-corrected chi connectivity index (χ0v) is 31.1. The van der Waals surface area contributed by atoms with Gasteiger partial charge in [0.15, 0.2) is 17.3 Å². The number of nitrogens with two attached hydrogens (primary N) is 2. The maximum absolute atomic E-state index is 13.6. The lowest BCUT2D eigenvalue weighted by atomic mass is 10.1. The molecule has 312 valence electrons. The van der Waals surface area contributed by atoms with Crippen molar-refractivity contribution in [2.24, 2.45) is 0 Å². The van der Waals surface area contributed by atoms with Gasteiger partial charge in [0.2, 0.25) is 29.7 Å². The highest BCUT2D eigenvalue weighted by Crippen LogP contribution is 2.38. The fourth-order valence-corrected chi connectivity index (χ4v) is 6.43. The predicted octanol–water partition coefficient (Wildman–Crippen LogP) is 0.957. The molecule has 0 aliphatic carbocycles. The lowest BCUT2D eigenvalue weighted by molar-refractivity contribution is -0.140. The number of hydrogen-bond acceptors (Lipinski definition) is 19. The zero-order chi connectivity index (χ0) is 40.9. The Morgan fingerprint density at radius 1 is 0.517 bits per heavy atom. The number of rotatable bonds is 6. The van der Waals surface area contributed by atoms with Crippen molar-refractivity contribution >= 4 is 35.6 Å². The number of anilines is 6. The van der Waals surface area contributed by atoms with E-state index in [4.69, 9.17) is 20.9 Å². The second kappa shape index (κ2) is 17.5. The van der Waals surface area contributed by atoms with E-state index in [-0.39, 0.29) is 28.6 Å². The lowest BCUT2D eigenvalue weighted by Gasteiger charge is -2.30. The molecule has 6 N–H and O–H groups in total. The SMILES string of the molecule is Nc1cc(C(F)(F)F)c(-c2nc(N3CCNCC3)nc(N3CCOCC3)n2)cn1.Nc1ncc(-c2nc(N3CCNCC3)nc(N3CCOCC3)n2)c(C(F)(F)F)n1. The molecule has 25 heteroatoms. The highest BCUT2D eigenvalue weighted by molar-refractivity contribution is 5.65. The quantitative estimate of drug-likeness (QED) is 0.199. The van der Waals surface area contributed by atoms with Crippen molar-refractivity contribution in [3.63, 3.8) is 0 Å². The van der Waals surface area contributed by atoms with Gasteiger partial charge in [0.1, 0.15) is 5.82 Å². The molecule has 8 rings (SSSR count). The number of nitrogen functional groups attached to an aromatic ring is 2. The highest BCUT2D eigenvalue weighted by Gasteiger charge is 2.38. The van der Waals surface area contributed by atoms with E-state index in [1.807, 2.05) is 19.6 Å². The molecule has 0 saturated carbocycles. The minimum Gasteiger partial charge on any atom is -0.384 e. The number of halogens is 6. The van der Waals surface area contributed by atoms with Crippen molar-refractivity contribution in [1.82, 2.24) is 55.5 Å². The Bertz CT molecular complexity index is 1800. The summed E-state index contributed by atoms with van der Waals surface area (Å²) in [5, 5.41) is 6.45. The average molecular weight is 822 g/mol. The fraction of sp³-hybridized carbons (Fsp3) is 0.545. The molecule has 0 spiro atoms. The molecular weight excluding hydrogens is 780 g/mol. The summed E-state index contributed by atoms with van der Waals surface area (Å²) in [5.41, 5.74) is 8.23. The van der Waals surface area contributed by atoms with Crippen molar-refractivity contribution < 1.29 is 35.8 Å². The van der Waals surface area contributed by atoms with Gasteiger partial charge >= 0.3 is 12.4 Å². The van der Waals surface area contributed by atoms with Gasteiger partial charge in [-0.2, -0.15) is 56.2 Å². The molecule has 0 amide bonds. The minimum atomic E-state index is -4.73. The van der Waals surface area contributed by atoms with Crippen LogP contribution in [0.5, 0.6) is 0 Å². The Morgan fingerprint density at radius 2 is 0.931 bits per heavy atom. The van der Waals surface area contributed by atoms with E-state index >= 15 is 0 Å². The van der Waals surface area contributed by atoms with Crippen LogP contribution in [0.4, 0.5) is 61.9 Å². The van der Waals surface area contributed by atoms with E-state index in [1.54, 1.807) is 0 Å². The first-order chi connectivity index (χ1) is 27.8. The van der Waals surface area contributed by atoms with Gasteiger partial charge in [-0.25, -0.2) is 15.0 Å². The van der Waals surface area contributed by atoms with E-state index in [1.165, 1.54) is 0 Å². The standard InChI is InChI=1S/C17H21F3N8O.C16H20F3N9O/c18-17(19,20)12-9-13(21)23-10-11(12)14-24-15(27-3-1-22-2-4-27)26-16(25-14)28-5-7-29-8-6-28;17-16(18,19)11-10(9-22-13(20)23-11)12-24-14(27-3-1-21-2-4-27)26-15(25-12)28-5-7-29-8-6-28/h9-10,22H,1-8H2,(H2,21,23);9,21H,1-8H2,(H2,20,22,23). The fourth-order valence-electron chi connectivity index (χ4n) is 6.43. The van der Waals surface area contributed by atoms with Crippen molar-refractivity contribution in [3.8, 4) is 22.8 Å². The largest absolute Gasteiger partial charge is 0.434 e. The molecule has 4 aliphatic heterocycles. The molecule has 19 nitrogen and oxygen atoms in total. The van der Waals surface area contributed by atoms with Crippen LogP contribution in [0.25, 0.3) is 22.8 Å². The maximum Gasteiger partial charge on any atom is 0.434 e. The molecule has 8 heterocycles. The van der Waals surface area contributed by atoms with Crippen LogP contribution in [0.2, 0.25) is 0 Å². The van der Waals surface area contributed by atoms with Crippen LogP contribution in [0.15, 0.2) is 18.5 Å². The summed E-state index contributed by atoms with van der Waals surface area (Å²) in [7, 11) is 0. The monoisotopic (exact) mass is 821 g/mol. The molecule has 4 fully saturated rings. The molecule has 0 unspecified atom stereocenters. The maximum atomic E-state index is 13.6. The van der Waals surface area contributed by atoms with Crippen LogP contribution in [-0.2, 0) is 21.8 Å². The normalized spacial score (nSPS) is 18.2. The summed E-state index contributed by atoms with van der Waals surface area (Å²) in [6, 6.07) is 0.804. The van der Waals surface area contributed by atoms with Crippen LogP contribution >= 0.6 is 0 Å². The summed E-state index contributed by atoms with van der Waals surface area (Å²) in [6.07, 6.45) is -7.27. The molecule has 58 heavy (non-hydrogen) atoms. The first kappa shape index (κ1) is 40.7. The van der Waals surface area contributed by atoms with Crippen LogP contribution in [0, 0.1) is 0 Å². The lowest BCUT2D eigenvalue weighted by Crippen LogP contribution is -2.44. The summed E-state index contributed by atoms with van der Waals surface area (Å²) in [5.74, 6) is 0.411. The van der Waals surface area contributed by atoms with E-state index in [2.05, 4.69) is 55.5 Å². The van der Waals surface area contributed by atoms with Crippen molar-refractivity contribution in [2.45, 2.75) is 12.4 Å². The molecule has 0 radical (unpaired) electrons. The molecule has 4 aromatic rings. The molecule has 4 saturated heterocycles. The van der Waals surface area contributed by atoms with Crippen LogP contribution < -0.4 is 41.7 Å². The van der Waals surface area contributed by atoms with Gasteiger partial charge in [-0.1, -0.05) is 0 Å². The van der Waals surface area contributed by atoms with E-state index in [0.717, 1.165) is 44.6 Å². The van der Waals surface area contributed by atoms with Gasteiger partial charge < -0.3 is 51.2 Å². The number of pyridine rings is 1. The van der Waals surface area contributed by atoms with Crippen LogP contribution in [0.3, 0.4) is 0 Å². The summed E-state index contributed by atoms with van der Waals surface area (Å²) >= 11 is 0. The number of nitrogens with zero attached hydrogens (tertiary/aromatic N) is 13. The number of hydrogen-bond donors (Lipinski definition) is 4. The minimum absolute atomic E-state index is 0.0742. The van der Waals surface area contributed by atoms with Gasteiger partial charge in [-0.05, 0) is 6.07 Å². The second-order valence-corrected chi connectivity index (χ2v) is 13.3. The van der Waals surface area contributed by atoms with E-state index in [9.17, 15) is 26.3 Å². The number of morpholine rings is 2. The first-order valence-electron chi connectivity index (χ1n) is 18.5. The Labute approximate surface area is 327 Å².